The van der Waals surface area contributed by atoms with Gasteiger partial charge in [0, 0.05) is 29.6 Å². The predicted molar refractivity (Wildman–Crippen MR) is 130 cm³/mol. The second-order valence-corrected chi connectivity index (χ2v) is 10.6. The van der Waals surface area contributed by atoms with Crippen molar-refractivity contribution >= 4 is 32.4 Å². The van der Waals surface area contributed by atoms with Crippen LogP contribution in [-0.4, -0.2) is 43.3 Å². The molecule has 9 heteroatoms. The molecule has 33 heavy (non-hydrogen) atoms. The fraction of sp³-hybridized carbons (Fsp3) is 0.333. The van der Waals surface area contributed by atoms with Crippen molar-refractivity contribution in [1.29, 1.82) is 0 Å². The molecule has 1 amide bonds. The summed E-state index contributed by atoms with van der Waals surface area (Å²) in [6.45, 7) is 3.64. The third-order valence-electron chi connectivity index (χ3n) is 5.51. The molecule has 4 rings (SSSR count). The summed E-state index contributed by atoms with van der Waals surface area (Å²) in [6, 6.07) is 13.7. The van der Waals surface area contributed by atoms with E-state index < -0.39 is 10.0 Å². The number of carbonyl (C=O) groups is 1. The number of sulfonamides is 1. The molecule has 3 aromatic rings. The van der Waals surface area contributed by atoms with Crippen molar-refractivity contribution in [1.82, 2.24) is 9.29 Å². The number of nitrogens with zero attached hydrogens (tertiary/aromatic N) is 2. The normalized spacial score (nSPS) is 15.1. The van der Waals surface area contributed by atoms with E-state index in [-0.39, 0.29) is 10.8 Å². The molecule has 0 aliphatic carbocycles. The Bertz CT molecular complexity index is 1180. The molecule has 0 saturated carbocycles. The summed E-state index contributed by atoms with van der Waals surface area (Å²) in [4.78, 5) is 17.4. The lowest BCUT2D eigenvalue weighted by molar-refractivity contribution is 0.102. The molecule has 1 aromatic heterocycles. The van der Waals surface area contributed by atoms with Crippen molar-refractivity contribution in [2.75, 3.05) is 25.0 Å². The van der Waals surface area contributed by atoms with Crippen LogP contribution in [0.2, 0.25) is 0 Å². The van der Waals surface area contributed by atoms with Crippen LogP contribution in [0.1, 0.15) is 43.0 Å². The molecule has 2 heterocycles. The maximum atomic E-state index is 12.9. The molecule has 1 fully saturated rings. The van der Waals surface area contributed by atoms with Crippen molar-refractivity contribution in [3.05, 3.63) is 59.5 Å². The van der Waals surface area contributed by atoms with Crippen LogP contribution in [0.25, 0.3) is 11.3 Å². The molecule has 0 spiro atoms. The molecule has 0 unspecified atom stereocenters. The Labute approximate surface area is 198 Å². The van der Waals surface area contributed by atoms with Gasteiger partial charge in [-0.25, -0.2) is 13.4 Å². The third-order valence-corrected chi connectivity index (χ3v) is 8.18. The van der Waals surface area contributed by atoms with Crippen molar-refractivity contribution in [3.8, 4) is 17.0 Å². The number of hydrogen-bond acceptors (Lipinski definition) is 6. The van der Waals surface area contributed by atoms with Gasteiger partial charge in [-0.15, -0.1) is 11.3 Å². The number of ether oxygens (including phenoxy) is 1. The summed E-state index contributed by atoms with van der Waals surface area (Å²) in [5, 5.41) is 5.15. The summed E-state index contributed by atoms with van der Waals surface area (Å²) in [6.07, 6.45) is 3.88. The summed E-state index contributed by atoms with van der Waals surface area (Å²) < 4.78 is 32.8. The van der Waals surface area contributed by atoms with E-state index in [9.17, 15) is 13.2 Å². The molecule has 2 aromatic carbocycles. The third kappa shape index (κ3) is 5.61. The van der Waals surface area contributed by atoms with E-state index in [1.807, 2.05) is 36.6 Å². The van der Waals surface area contributed by atoms with E-state index in [4.69, 9.17) is 4.74 Å². The smallest absolute Gasteiger partial charge is 0.257 e. The number of benzene rings is 2. The number of thiazole rings is 1. The van der Waals surface area contributed by atoms with Crippen molar-refractivity contribution in [3.63, 3.8) is 0 Å². The predicted octanol–water partition coefficient (Wildman–Crippen LogP) is 5.03. The van der Waals surface area contributed by atoms with E-state index in [1.54, 1.807) is 16.4 Å². The van der Waals surface area contributed by atoms with Gasteiger partial charge in [-0.1, -0.05) is 12.8 Å². The highest BCUT2D eigenvalue weighted by Gasteiger charge is 2.25. The Kier molecular flexibility index (Phi) is 7.42. The average Bonchev–Trinajstić information content (AvgIpc) is 3.10. The molecule has 1 aliphatic heterocycles. The van der Waals surface area contributed by atoms with Gasteiger partial charge in [0.2, 0.25) is 10.0 Å². The minimum Gasteiger partial charge on any atom is -0.494 e. The van der Waals surface area contributed by atoms with E-state index in [2.05, 4.69) is 10.3 Å². The monoisotopic (exact) mass is 485 g/mol. The molecule has 174 valence electrons. The van der Waals surface area contributed by atoms with Gasteiger partial charge in [-0.05, 0) is 68.3 Å². The van der Waals surface area contributed by atoms with Gasteiger partial charge in [-0.2, -0.15) is 4.31 Å². The molecule has 0 atom stereocenters. The quantitative estimate of drug-likeness (QED) is 0.507. The minimum absolute atomic E-state index is 0.216. The Morgan fingerprint density at radius 3 is 2.33 bits per heavy atom. The first-order chi connectivity index (χ1) is 16.0. The first-order valence-corrected chi connectivity index (χ1v) is 13.4. The zero-order chi connectivity index (χ0) is 23.3. The maximum Gasteiger partial charge on any atom is 0.257 e. The van der Waals surface area contributed by atoms with Gasteiger partial charge in [-0.3, -0.25) is 10.1 Å². The lowest BCUT2D eigenvalue weighted by Gasteiger charge is -2.20. The zero-order valence-electron chi connectivity index (χ0n) is 18.5. The summed E-state index contributed by atoms with van der Waals surface area (Å²) in [5.74, 6) is 0.465. The summed E-state index contributed by atoms with van der Waals surface area (Å²) in [7, 11) is -3.54. The highest BCUT2D eigenvalue weighted by atomic mass is 32.2. The number of carbonyl (C=O) groups excluding carboxylic acids is 1. The Balaban J connectivity index is 1.42. The van der Waals surface area contributed by atoms with Crippen LogP contribution in [0.3, 0.4) is 0 Å². The van der Waals surface area contributed by atoms with Crippen LogP contribution in [0, 0.1) is 0 Å². The van der Waals surface area contributed by atoms with E-state index >= 15 is 0 Å². The van der Waals surface area contributed by atoms with Crippen molar-refractivity contribution < 1.29 is 17.9 Å². The largest absolute Gasteiger partial charge is 0.494 e. The second kappa shape index (κ2) is 10.5. The second-order valence-electron chi connectivity index (χ2n) is 7.79. The standard InChI is InChI=1S/C24H27N3O4S2/c1-2-31-20-11-7-18(8-12-20)22-17-32-24(25-22)26-23(28)19-9-13-21(14-10-19)33(29,30)27-15-5-3-4-6-16-27/h7-14,17H,2-6,15-16H2,1H3,(H,25,26,28). The molecule has 1 saturated heterocycles. The Hall–Kier alpha value is -2.75. The summed E-state index contributed by atoms with van der Waals surface area (Å²) in [5.41, 5.74) is 2.07. The fourth-order valence-electron chi connectivity index (χ4n) is 3.73. The van der Waals surface area contributed by atoms with Crippen LogP contribution >= 0.6 is 11.3 Å². The van der Waals surface area contributed by atoms with Crippen LogP contribution in [0.5, 0.6) is 5.75 Å². The van der Waals surface area contributed by atoms with Crippen LogP contribution in [0.4, 0.5) is 5.13 Å². The number of rotatable bonds is 7. The number of aromatic nitrogens is 1. The fourth-order valence-corrected chi connectivity index (χ4v) is 5.96. The zero-order valence-corrected chi connectivity index (χ0v) is 20.1. The number of amides is 1. The first-order valence-electron chi connectivity index (χ1n) is 11.1. The maximum absolute atomic E-state index is 12.9. The van der Waals surface area contributed by atoms with E-state index in [1.165, 1.54) is 23.5 Å². The molecule has 1 N–H and O–H groups in total. The van der Waals surface area contributed by atoms with Gasteiger partial charge in [0.05, 0.1) is 17.2 Å². The molecule has 0 radical (unpaired) electrons. The minimum atomic E-state index is -3.54. The number of anilines is 1. The lowest BCUT2D eigenvalue weighted by atomic mass is 10.2. The van der Waals surface area contributed by atoms with Crippen LogP contribution in [-0.2, 0) is 10.0 Å². The Morgan fingerprint density at radius 2 is 1.70 bits per heavy atom. The average molecular weight is 486 g/mol. The van der Waals surface area contributed by atoms with Crippen LogP contribution < -0.4 is 10.1 Å². The molecule has 7 nitrogen and oxygen atoms in total. The topological polar surface area (TPSA) is 88.6 Å². The van der Waals surface area contributed by atoms with Gasteiger partial charge in [0.1, 0.15) is 5.75 Å². The van der Waals surface area contributed by atoms with E-state index in [0.717, 1.165) is 42.7 Å². The van der Waals surface area contributed by atoms with Crippen molar-refractivity contribution in [2.45, 2.75) is 37.5 Å². The molecule has 1 aliphatic rings. The van der Waals surface area contributed by atoms with Gasteiger partial charge in [0.25, 0.3) is 5.91 Å². The van der Waals surface area contributed by atoms with Crippen LogP contribution in [0.15, 0.2) is 58.8 Å². The van der Waals surface area contributed by atoms with Gasteiger partial charge < -0.3 is 4.74 Å². The van der Waals surface area contributed by atoms with Gasteiger partial charge in [0.15, 0.2) is 5.13 Å². The number of hydrogen-bond donors (Lipinski definition) is 1. The SMILES string of the molecule is CCOc1ccc(-c2csc(NC(=O)c3ccc(S(=O)(=O)N4CCCCCC4)cc3)n2)cc1. The molecular weight excluding hydrogens is 458 g/mol. The highest BCUT2D eigenvalue weighted by Crippen LogP contribution is 2.27. The van der Waals surface area contributed by atoms with Crippen molar-refractivity contribution in [2.24, 2.45) is 0 Å². The van der Waals surface area contributed by atoms with E-state index in [0.29, 0.717) is 30.4 Å². The molecular formula is C24H27N3O4S2. The van der Waals surface area contributed by atoms with Gasteiger partial charge >= 0.3 is 0 Å². The molecule has 0 bridgehead atoms. The summed E-state index contributed by atoms with van der Waals surface area (Å²) >= 11 is 1.33. The Morgan fingerprint density at radius 1 is 1.03 bits per heavy atom. The number of nitrogens with one attached hydrogen (secondary N) is 1. The first kappa shape index (κ1) is 23.4. The lowest BCUT2D eigenvalue weighted by Crippen LogP contribution is -2.31. The highest BCUT2D eigenvalue weighted by molar-refractivity contribution is 7.89.